The number of pyridine rings is 1. The number of fused-ring (bicyclic) bond motifs is 1. The summed E-state index contributed by atoms with van der Waals surface area (Å²) >= 11 is 0. The van der Waals surface area contributed by atoms with Crippen LogP contribution in [0.3, 0.4) is 0 Å². The van der Waals surface area contributed by atoms with Crippen LogP contribution in [0.4, 0.5) is 0 Å². The molecule has 2 aliphatic rings. The number of rotatable bonds is 6. The number of benzene rings is 1. The van der Waals surface area contributed by atoms with Crippen molar-refractivity contribution in [2.75, 3.05) is 0 Å². The topological polar surface area (TPSA) is 40.6 Å². The summed E-state index contributed by atoms with van der Waals surface area (Å²) in [6.45, 7) is 17.2. The van der Waals surface area contributed by atoms with Crippen molar-refractivity contribution in [2.45, 2.75) is 103 Å². The molecule has 1 aromatic heterocycles. The van der Waals surface area contributed by atoms with Crippen LogP contribution in [0.1, 0.15) is 92.2 Å². The van der Waals surface area contributed by atoms with E-state index in [-0.39, 0.29) is 22.4 Å². The minimum atomic E-state index is -0.391. The van der Waals surface area contributed by atoms with E-state index in [1.807, 2.05) is 6.20 Å². The van der Waals surface area contributed by atoms with Crippen LogP contribution in [-0.2, 0) is 25.2 Å². The fraction of sp³-hybridized carbons (Fsp3) is 0.593. The quantitative estimate of drug-likeness (QED) is 0.514. The van der Waals surface area contributed by atoms with Crippen LogP contribution in [0.5, 0.6) is 0 Å². The van der Waals surface area contributed by atoms with Gasteiger partial charge in [-0.3, -0.25) is 4.98 Å². The van der Waals surface area contributed by atoms with Crippen molar-refractivity contribution in [3.05, 3.63) is 47.7 Å². The molecular formula is C27H38BNO3. The average Bonchev–Trinajstić information content (AvgIpc) is 3.20. The van der Waals surface area contributed by atoms with E-state index in [2.05, 4.69) is 85.7 Å². The van der Waals surface area contributed by atoms with E-state index in [1.54, 1.807) is 0 Å². The molecule has 0 saturated carbocycles. The Morgan fingerprint density at radius 1 is 0.750 bits per heavy atom. The maximum Gasteiger partial charge on any atom is 0.496 e. The standard InChI is InChI=1S/C27H38BNO3/c1-9-26(10-2)21-15-13-19(17-22(21)27(11-3,12-4)30-26)23-16-14-20(18-29-23)28-31-24(5,6)25(7,8)32-28/h13-18H,9-12H2,1-8H3. The summed E-state index contributed by atoms with van der Waals surface area (Å²) < 4.78 is 19.2. The van der Waals surface area contributed by atoms with Gasteiger partial charge in [-0.05, 0) is 76.6 Å². The highest BCUT2D eigenvalue weighted by Gasteiger charge is 2.52. The van der Waals surface area contributed by atoms with Gasteiger partial charge in [-0.2, -0.15) is 0 Å². The summed E-state index contributed by atoms with van der Waals surface area (Å²) in [6, 6.07) is 10.9. The summed E-state index contributed by atoms with van der Waals surface area (Å²) in [4.78, 5) is 4.79. The second-order valence-corrected chi connectivity index (χ2v) is 10.3. The molecule has 2 aromatic rings. The van der Waals surface area contributed by atoms with E-state index in [4.69, 9.17) is 19.0 Å². The molecule has 4 rings (SSSR count). The maximum absolute atomic E-state index is 6.87. The normalized spacial score (nSPS) is 22.2. The Bertz CT molecular complexity index is 959. The van der Waals surface area contributed by atoms with E-state index in [1.165, 1.54) is 11.1 Å². The summed E-state index contributed by atoms with van der Waals surface area (Å²) in [7, 11) is -0.391. The summed E-state index contributed by atoms with van der Waals surface area (Å²) in [5.41, 5.74) is 4.60. The van der Waals surface area contributed by atoms with Gasteiger partial charge in [0.15, 0.2) is 0 Å². The van der Waals surface area contributed by atoms with Crippen molar-refractivity contribution in [1.29, 1.82) is 0 Å². The first-order chi connectivity index (χ1) is 15.1. The van der Waals surface area contributed by atoms with E-state index in [9.17, 15) is 0 Å². The van der Waals surface area contributed by atoms with Crippen molar-refractivity contribution in [2.24, 2.45) is 0 Å². The summed E-state index contributed by atoms with van der Waals surface area (Å²) in [5, 5.41) is 0. The van der Waals surface area contributed by atoms with Gasteiger partial charge in [0.2, 0.25) is 0 Å². The highest BCUT2D eigenvalue weighted by Crippen LogP contribution is 2.54. The van der Waals surface area contributed by atoms with E-state index < -0.39 is 7.12 Å². The summed E-state index contributed by atoms with van der Waals surface area (Å²) in [6.07, 6.45) is 5.79. The van der Waals surface area contributed by atoms with Crippen LogP contribution >= 0.6 is 0 Å². The Hall–Kier alpha value is -1.69. The van der Waals surface area contributed by atoms with Crippen molar-refractivity contribution >= 4 is 12.6 Å². The number of hydrogen-bond acceptors (Lipinski definition) is 4. The van der Waals surface area contributed by atoms with Gasteiger partial charge in [-0.25, -0.2) is 0 Å². The molecule has 0 aliphatic carbocycles. The molecule has 1 fully saturated rings. The Morgan fingerprint density at radius 2 is 1.31 bits per heavy atom. The highest BCUT2D eigenvalue weighted by atomic mass is 16.7. The first-order valence-electron chi connectivity index (χ1n) is 12.2. The molecular weight excluding hydrogens is 397 g/mol. The molecule has 0 bridgehead atoms. The van der Waals surface area contributed by atoms with Gasteiger partial charge in [-0.15, -0.1) is 0 Å². The third-order valence-corrected chi connectivity index (χ3v) is 8.28. The van der Waals surface area contributed by atoms with Crippen LogP contribution in [0.25, 0.3) is 11.3 Å². The van der Waals surface area contributed by atoms with Crippen molar-refractivity contribution in [3.8, 4) is 11.3 Å². The van der Waals surface area contributed by atoms with Crippen LogP contribution in [0.2, 0.25) is 0 Å². The van der Waals surface area contributed by atoms with Crippen molar-refractivity contribution in [1.82, 2.24) is 4.98 Å². The van der Waals surface area contributed by atoms with E-state index >= 15 is 0 Å². The Labute approximate surface area is 194 Å². The maximum atomic E-state index is 6.87. The van der Waals surface area contributed by atoms with Gasteiger partial charge in [0.1, 0.15) is 0 Å². The zero-order valence-electron chi connectivity index (χ0n) is 21.0. The number of aromatic nitrogens is 1. The molecule has 2 aliphatic heterocycles. The molecule has 1 saturated heterocycles. The largest absolute Gasteiger partial charge is 0.496 e. The molecule has 0 spiro atoms. The Balaban J connectivity index is 1.68. The number of ether oxygens (including phenoxy) is 1. The van der Waals surface area contributed by atoms with Crippen LogP contribution < -0.4 is 5.46 Å². The molecule has 5 heteroatoms. The van der Waals surface area contributed by atoms with Gasteiger partial charge in [0.05, 0.1) is 28.1 Å². The first-order valence-corrected chi connectivity index (χ1v) is 12.2. The summed E-state index contributed by atoms with van der Waals surface area (Å²) in [5.74, 6) is 0. The van der Waals surface area contributed by atoms with Gasteiger partial charge >= 0.3 is 7.12 Å². The first kappa shape index (κ1) is 23.5. The third kappa shape index (κ3) is 3.44. The fourth-order valence-electron chi connectivity index (χ4n) is 5.21. The smallest absolute Gasteiger partial charge is 0.399 e. The van der Waals surface area contributed by atoms with Crippen LogP contribution in [-0.4, -0.2) is 23.3 Å². The second kappa shape index (κ2) is 7.97. The molecule has 3 heterocycles. The minimum absolute atomic E-state index is 0.187. The average molecular weight is 435 g/mol. The molecule has 172 valence electrons. The van der Waals surface area contributed by atoms with Crippen molar-refractivity contribution in [3.63, 3.8) is 0 Å². The zero-order chi connectivity index (χ0) is 23.4. The zero-order valence-corrected chi connectivity index (χ0v) is 21.0. The molecule has 0 N–H and O–H groups in total. The SMILES string of the molecule is CCC1(CC)OC(CC)(CC)c2cc(-c3ccc(B4OC(C)(C)C(C)(C)O4)cn3)ccc21. The predicted molar refractivity (Wildman–Crippen MR) is 131 cm³/mol. The molecule has 0 atom stereocenters. The molecule has 0 amide bonds. The van der Waals surface area contributed by atoms with Gasteiger partial charge < -0.3 is 14.0 Å². The monoisotopic (exact) mass is 435 g/mol. The highest BCUT2D eigenvalue weighted by molar-refractivity contribution is 6.62. The molecule has 0 radical (unpaired) electrons. The van der Waals surface area contributed by atoms with Crippen LogP contribution in [0, 0.1) is 0 Å². The predicted octanol–water partition coefficient (Wildman–Crippen LogP) is 6.11. The lowest BCUT2D eigenvalue weighted by atomic mass is 9.80. The van der Waals surface area contributed by atoms with Crippen molar-refractivity contribution < 1.29 is 14.0 Å². The second-order valence-electron chi connectivity index (χ2n) is 10.3. The van der Waals surface area contributed by atoms with Gasteiger partial charge in [0.25, 0.3) is 0 Å². The molecule has 4 nitrogen and oxygen atoms in total. The fourth-order valence-corrected chi connectivity index (χ4v) is 5.21. The number of hydrogen-bond donors (Lipinski definition) is 0. The number of nitrogens with zero attached hydrogens (tertiary/aromatic N) is 1. The van der Waals surface area contributed by atoms with E-state index in [0.29, 0.717) is 0 Å². The molecule has 1 aromatic carbocycles. The lowest BCUT2D eigenvalue weighted by Gasteiger charge is -2.34. The van der Waals surface area contributed by atoms with Gasteiger partial charge in [-0.1, -0.05) is 45.9 Å². The van der Waals surface area contributed by atoms with Crippen LogP contribution in [0.15, 0.2) is 36.5 Å². The Kier molecular flexibility index (Phi) is 5.84. The Morgan fingerprint density at radius 3 is 1.81 bits per heavy atom. The lowest BCUT2D eigenvalue weighted by molar-refractivity contribution is -0.151. The van der Waals surface area contributed by atoms with E-state index in [0.717, 1.165) is 42.4 Å². The molecule has 0 unspecified atom stereocenters. The minimum Gasteiger partial charge on any atom is -0.399 e. The lowest BCUT2D eigenvalue weighted by Crippen LogP contribution is -2.41. The van der Waals surface area contributed by atoms with Gasteiger partial charge in [0, 0.05) is 17.2 Å². The third-order valence-electron chi connectivity index (χ3n) is 8.28. The molecule has 32 heavy (non-hydrogen) atoms.